The largest absolute Gasteiger partial charge is 0.330 e. The van der Waals surface area contributed by atoms with Crippen molar-refractivity contribution in [2.45, 2.75) is 33.1 Å². The molecule has 0 saturated heterocycles. The number of rotatable bonds is 2. The predicted octanol–water partition coefficient (Wildman–Crippen LogP) is 1.77. The van der Waals surface area contributed by atoms with Crippen molar-refractivity contribution in [3.63, 3.8) is 0 Å². The van der Waals surface area contributed by atoms with E-state index in [4.69, 9.17) is 5.73 Å². The second kappa shape index (κ2) is 2.30. The van der Waals surface area contributed by atoms with Crippen molar-refractivity contribution < 1.29 is 0 Å². The van der Waals surface area contributed by atoms with E-state index in [1.165, 1.54) is 19.3 Å². The standard InChI is InChI=1S/C8H17N/c1-8(2,6-9)7-4-3-5-7/h7H,3-6,9H2,1-2H3. The molecule has 1 aliphatic carbocycles. The molecule has 1 fully saturated rings. The Bertz CT molecular complexity index is 92.7. The molecule has 0 spiro atoms. The van der Waals surface area contributed by atoms with Gasteiger partial charge in [0.15, 0.2) is 0 Å². The summed E-state index contributed by atoms with van der Waals surface area (Å²) in [6, 6.07) is 0. The molecular weight excluding hydrogens is 110 g/mol. The molecule has 0 aromatic heterocycles. The molecule has 54 valence electrons. The van der Waals surface area contributed by atoms with E-state index in [1.54, 1.807) is 0 Å². The number of hydrogen-bond donors (Lipinski definition) is 1. The maximum atomic E-state index is 5.62. The minimum Gasteiger partial charge on any atom is -0.330 e. The topological polar surface area (TPSA) is 26.0 Å². The normalized spacial score (nSPS) is 21.7. The van der Waals surface area contributed by atoms with Gasteiger partial charge in [-0.1, -0.05) is 20.3 Å². The van der Waals surface area contributed by atoms with Crippen LogP contribution in [0, 0.1) is 11.3 Å². The first-order valence-corrected chi connectivity index (χ1v) is 3.87. The highest BCUT2D eigenvalue weighted by molar-refractivity contribution is 4.84. The second-order valence-electron chi connectivity index (χ2n) is 3.82. The Kier molecular flexibility index (Phi) is 1.80. The zero-order valence-corrected chi connectivity index (χ0v) is 6.48. The summed E-state index contributed by atoms with van der Waals surface area (Å²) in [5, 5.41) is 0. The second-order valence-corrected chi connectivity index (χ2v) is 3.82. The molecule has 1 aliphatic rings. The first-order chi connectivity index (χ1) is 4.17. The lowest BCUT2D eigenvalue weighted by molar-refractivity contribution is 0.129. The van der Waals surface area contributed by atoms with E-state index in [1.807, 2.05) is 0 Å². The molecular formula is C8H17N. The lowest BCUT2D eigenvalue weighted by atomic mass is 9.67. The summed E-state index contributed by atoms with van der Waals surface area (Å²) in [5.74, 6) is 0.919. The maximum Gasteiger partial charge on any atom is -0.00232 e. The summed E-state index contributed by atoms with van der Waals surface area (Å²) >= 11 is 0. The van der Waals surface area contributed by atoms with E-state index in [2.05, 4.69) is 13.8 Å². The molecule has 9 heavy (non-hydrogen) atoms. The first kappa shape index (κ1) is 7.07. The van der Waals surface area contributed by atoms with Gasteiger partial charge in [-0.3, -0.25) is 0 Å². The Hall–Kier alpha value is -0.0400. The van der Waals surface area contributed by atoms with Crippen LogP contribution in [0.2, 0.25) is 0 Å². The van der Waals surface area contributed by atoms with Crippen molar-refractivity contribution in [1.82, 2.24) is 0 Å². The van der Waals surface area contributed by atoms with E-state index < -0.39 is 0 Å². The molecule has 1 nitrogen and oxygen atoms in total. The third-order valence-corrected chi connectivity index (χ3v) is 2.74. The summed E-state index contributed by atoms with van der Waals surface area (Å²) in [5.41, 5.74) is 6.03. The average Bonchev–Trinajstić information content (AvgIpc) is 1.60. The van der Waals surface area contributed by atoms with E-state index in [0.717, 1.165) is 12.5 Å². The molecule has 2 N–H and O–H groups in total. The van der Waals surface area contributed by atoms with Crippen LogP contribution in [0.25, 0.3) is 0 Å². The van der Waals surface area contributed by atoms with Crippen LogP contribution in [0.15, 0.2) is 0 Å². The fourth-order valence-corrected chi connectivity index (χ4v) is 1.36. The van der Waals surface area contributed by atoms with Crippen molar-refractivity contribution in [3.05, 3.63) is 0 Å². The van der Waals surface area contributed by atoms with Crippen LogP contribution in [0.1, 0.15) is 33.1 Å². The summed E-state index contributed by atoms with van der Waals surface area (Å²) in [7, 11) is 0. The highest BCUT2D eigenvalue weighted by Gasteiger charge is 2.32. The van der Waals surface area contributed by atoms with Gasteiger partial charge in [-0.05, 0) is 30.7 Å². The van der Waals surface area contributed by atoms with E-state index in [0.29, 0.717) is 5.41 Å². The van der Waals surface area contributed by atoms with Crippen LogP contribution < -0.4 is 5.73 Å². The minimum absolute atomic E-state index is 0.415. The van der Waals surface area contributed by atoms with Gasteiger partial charge in [0.2, 0.25) is 0 Å². The van der Waals surface area contributed by atoms with E-state index >= 15 is 0 Å². The summed E-state index contributed by atoms with van der Waals surface area (Å²) in [6.07, 6.45) is 4.24. The van der Waals surface area contributed by atoms with E-state index in [9.17, 15) is 0 Å². The molecule has 0 amide bonds. The van der Waals surface area contributed by atoms with Crippen LogP contribution in [-0.2, 0) is 0 Å². The zero-order valence-electron chi connectivity index (χ0n) is 6.48. The van der Waals surface area contributed by atoms with Gasteiger partial charge in [-0.2, -0.15) is 0 Å². The Morgan fingerprint density at radius 3 is 2.11 bits per heavy atom. The third-order valence-electron chi connectivity index (χ3n) is 2.74. The quantitative estimate of drug-likeness (QED) is 0.601. The van der Waals surface area contributed by atoms with Gasteiger partial charge in [0.1, 0.15) is 0 Å². The maximum absolute atomic E-state index is 5.62. The number of nitrogens with two attached hydrogens (primary N) is 1. The van der Waals surface area contributed by atoms with Crippen molar-refractivity contribution in [2.24, 2.45) is 17.1 Å². The SMILES string of the molecule is CC(C)(CN)C1CCC1. The molecule has 1 heteroatoms. The molecule has 0 radical (unpaired) electrons. The van der Waals surface area contributed by atoms with E-state index in [-0.39, 0.29) is 0 Å². The van der Waals surface area contributed by atoms with Crippen LogP contribution >= 0.6 is 0 Å². The van der Waals surface area contributed by atoms with Gasteiger partial charge in [0.25, 0.3) is 0 Å². The minimum atomic E-state index is 0.415. The molecule has 0 heterocycles. The molecule has 0 aromatic carbocycles. The molecule has 1 rings (SSSR count). The average molecular weight is 127 g/mol. The third kappa shape index (κ3) is 1.26. The first-order valence-electron chi connectivity index (χ1n) is 3.87. The van der Waals surface area contributed by atoms with Crippen molar-refractivity contribution >= 4 is 0 Å². The van der Waals surface area contributed by atoms with Gasteiger partial charge >= 0.3 is 0 Å². The highest BCUT2D eigenvalue weighted by atomic mass is 14.6. The zero-order chi connectivity index (χ0) is 6.91. The molecule has 0 aliphatic heterocycles. The van der Waals surface area contributed by atoms with Gasteiger partial charge in [0, 0.05) is 0 Å². The summed E-state index contributed by atoms with van der Waals surface area (Å²) < 4.78 is 0. The Morgan fingerprint density at radius 2 is 2.00 bits per heavy atom. The molecule has 0 atom stereocenters. The summed E-state index contributed by atoms with van der Waals surface area (Å²) in [4.78, 5) is 0. The Morgan fingerprint density at radius 1 is 1.44 bits per heavy atom. The fourth-order valence-electron chi connectivity index (χ4n) is 1.36. The van der Waals surface area contributed by atoms with Crippen molar-refractivity contribution in [2.75, 3.05) is 6.54 Å². The van der Waals surface area contributed by atoms with Crippen molar-refractivity contribution in [3.8, 4) is 0 Å². The lowest BCUT2D eigenvalue weighted by Crippen LogP contribution is -2.36. The summed E-state index contributed by atoms with van der Waals surface area (Å²) in [6.45, 7) is 5.39. The van der Waals surface area contributed by atoms with Gasteiger partial charge in [-0.25, -0.2) is 0 Å². The lowest BCUT2D eigenvalue weighted by Gasteiger charge is -2.39. The fraction of sp³-hybridized carbons (Fsp3) is 1.00. The monoisotopic (exact) mass is 127 g/mol. The van der Waals surface area contributed by atoms with Crippen LogP contribution in [0.3, 0.4) is 0 Å². The number of hydrogen-bond acceptors (Lipinski definition) is 1. The Balaban J connectivity index is 2.37. The van der Waals surface area contributed by atoms with Crippen LogP contribution in [-0.4, -0.2) is 6.54 Å². The van der Waals surface area contributed by atoms with Crippen LogP contribution in [0.5, 0.6) is 0 Å². The predicted molar refractivity (Wildman–Crippen MR) is 40.2 cm³/mol. The van der Waals surface area contributed by atoms with Crippen molar-refractivity contribution in [1.29, 1.82) is 0 Å². The van der Waals surface area contributed by atoms with Crippen LogP contribution in [0.4, 0.5) is 0 Å². The highest BCUT2D eigenvalue weighted by Crippen LogP contribution is 2.40. The Labute approximate surface area is 57.6 Å². The van der Waals surface area contributed by atoms with Gasteiger partial charge in [-0.15, -0.1) is 0 Å². The smallest absolute Gasteiger partial charge is 0.00232 e. The molecule has 0 bridgehead atoms. The van der Waals surface area contributed by atoms with Gasteiger partial charge < -0.3 is 5.73 Å². The molecule has 0 unspecified atom stereocenters. The molecule has 1 saturated carbocycles. The molecule has 0 aromatic rings. The van der Waals surface area contributed by atoms with Gasteiger partial charge in [0.05, 0.1) is 0 Å².